The topological polar surface area (TPSA) is 37.8 Å². The predicted molar refractivity (Wildman–Crippen MR) is 87.9 cm³/mol. The van der Waals surface area contributed by atoms with Crippen LogP contribution in [-0.2, 0) is 6.54 Å². The number of alkyl halides is 1. The maximum Gasteiger partial charge on any atom is 0.134 e. The largest absolute Gasteiger partial charge is 0.378 e. The minimum atomic E-state index is -0.922. The lowest BCUT2D eigenvalue weighted by atomic mass is 10.1. The van der Waals surface area contributed by atoms with E-state index in [9.17, 15) is 4.39 Å². The van der Waals surface area contributed by atoms with E-state index >= 15 is 0 Å². The van der Waals surface area contributed by atoms with E-state index in [1.165, 1.54) is 16.2 Å². The molecule has 0 radical (unpaired) electrons. The molecule has 0 aliphatic carbocycles. The van der Waals surface area contributed by atoms with Crippen molar-refractivity contribution in [1.82, 2.24) is 10.2 Å². The molecule has 0 spiro atoms. The molecule has 3 nitrogen and oxygen atoms in total. The zero-order valence-corrected chi connectivity index (χ0v) is 13.5. The van der Waals surface area contributed by atoms with Gasteiger partial charge in [0.2, 0.25) is 0 Å². The van der Waals surface area contributed by atoms with Gasteiger partial charge in [0.1, 0.15) is 11.7 Å². The van der Waals surface area contributed by atoms with E-state index in [0.717, 1.165) is 32.9 Å². The number of thiophene rings is 2. The van der Waals surface area contributed by atoms with E-state index in [-0.39, 0.29) is 0 Å². The minimum absolute atomic E-state index is 0.485. The van der Waals surface area contributed by atoms with Gasteiger partial charge in [-0.15, -0.1) is 27.8 Å². The quantitative estimate of drug-likeness (QED) is 0.711. The first-order valence-corrected chi connectivity index (χ1v) is 8.55. The van der Waals surface area contributed by atoms with Crippen molar-refractivity contribution >= 4 is 38.6 Å². The summed E-state index contributed by atoms with van der Waals surface area (Å²) in [7, 11) is 0. The van der Waals surface area contributed by atoms with Gasteiger partial charge in [-0.1, -0.05) is 13.0 Å². The highest BCUT2D eigenvalue weighted by Gasteiger charge is 2.19. The molecule has 1 N–H and O–H groups in total. The molecular formula is C15H16FN3S2. The lowest BCUT2D eigenvalue weighted by Gasteiger charge is -2.04. The van der Waals surface area contributed by atoms with Gasteiger partial charge in [-0.3, -0.25) is 0 Å². The number of rotatable bonds is 5. The minimum Gasteiger partial charge on any atom is -0.378 e. The number of fused-ring (bicyclic) bond motifs is 1. The van der Waals surface area contributed by atoms with E-state index in [0.29, 0.717) is 6.42 Å². The van der Waals surface area contributed by atoms with Crippen molar-refractivity contribution in [1.29, 1.82) is 0 Å². The molecular weight excluding hydrogens is 305 g/mol. The Hall–Kier alpha value is -1.53. The van der Waals surface area contributed by atoms with E-state index in [1.54, 1.807) is 17.5 Å². The van der Waals surface area contributed by atoms with Crippen molar-refractivity contribution in [2.24, 2.45) is 0 Å². The maximum atomic E-state index is 14.0. The van der Waals surface area contributed by atoms with Crippen LogP contribution in [0.4, 0.5) is 10.1 Å². The third-order valence-electron chi connectivity index (χ3n) is 3.42. The summed E-state index contributed by atoms with van der Waals surface area (Å²) in [6, 6.07) is 4.12. The number of halogens is 1. The summed E-state index contributed by atoms with van der Waals surface area (Å²) in [5, 5.41) is 13.7. The first-order chi connectivity index (χ1) is 10.2. The summed E-state index contributed by atoms with van der Waals surface area (Å²) in [6.07, 6.45) is 1.28. The van der Waals surface area contributed by atoms with E-state index in [4.69, 9.17) is 0 Å². The van der Waals surface area contributed by atoms with Gasteiger partial charge in [-0.05, 0) is 30.4 Å². The van der Waals surface area contributed by atoms with Crippen molar-refractivity contribution < 1.29 is 4.39 Å². The molecule has 3 heterocycles. The van der Waals surface area contributed by atoms with Crippen LogP contribution in [0.5, 0.6) is 0 Å². The van der Waals surface area contributed by atoms with Gasteiger partial charge < -0.3 is 5.32 Å². The highest BCUT2D eigenvalue weighted by atomic mass is 32.1. The van der Waals surface area contributed by atoms with Crippen LogP contribution in [-0.4, -0.2) is 10.2 Å². The van der Waals surface area contributed by atoms with Crippen LogP contribution in [0.3, 0.4) is 0 Å². The fraction of sp³-hybridized carbons (Fsp3) is 0.333. The maximum absolute atomic E-state index is 14.0. The molecule has 110 valence electrons. The fourth-order valence-electron chi connectivity index (χ4n) is 2.23. The van der Waals surface area contributed by atoms with Gasteiger partial charge in [-0.25, -0.2) is 4.39 Å². The number of aromatic nitrogens is 2. The molecule has 0 aliphatic heterocycles. The zero-order chi connectivity index (χ0) is 14.8. The second-order valence-corrected chi connectivity index (χ2v) is 6.92. The second kappa shape index (κ2) is 6.07. The number of aryl methyl sites for hydroxylation is 1. The Labute approximate surface area is 130 Å². The summed E-state index contributed by atoms with van der Waals surface area (Å²) in [5.41, 5.74) is 2.65. The number of hydrogen-bond donors (Lipinski definition) is 1. The average Bonchev–Trinajstić information content (AvgIpc) is 3.13. The van der Waals surface area contributed by atoms with Crippen molar-refractivity contribution in [2.45, 2.75) is 33.0 Å². The third kappa shape index (κ3) is 2.78. The van der Waals surface area contributed by atoms with E-state index in [1.807, 2.05) is 19.9 Å². The molecule has 6 heteroatoms. The molecule has 3 aromatic rings. The first-order valence-electron chi connectivity index (χ1n) is 6.85. The summed E-state index contributed by atoms with van der Waals surface area (Å²) in [6.45, 7) is 4.53. The molecule has 1 atom stereocenters. The van der Waals surface area contributed by atoms with Gasteiger partial charge in [0.15, 0.2) is 0 Å². The number of anilines is 1. The summed E-state index contributed by atoms with van der Waals surface area (Å²) in [5.74, 6) is 0. The Morgan fingerprint density at radius 1 is 1.43 bits per heavy atom. The molecule has 0 bridgehead atoms. The molecule has 0 saturated heterocycles. The summed E-state index contributed by atoms with van der Waals surface area (Å²) in [4.78, 5) is 2.03. The van der Waals surface area contributed by atoms with Crippen molar-refractivity contribution in [3.05, 3.63) is 39.0 Å². The fourth-order valence-corrected chi connectivity index (χ4v) is 4.17. The monoisotopic (exact) mass is 321 g/mol. The lowest BCUT2D eigenvalue weighted by Crippen LogP contribution is -1.98. The van der Waals surface area contributed by atoms with E-state index < -0.39 is 6.17 Å². The number of nitrogens with one attached hydrogen (secondary N) is 1. The van der Waals surface area contributed by atoms with Gasteiger partial charge in [0, 0.05) is 16.3 Å². The zero-order valence-electron chi connectivity index (χ0n) is 11.9. The number of nitrogens with zero attached hydrogens (tertiary/aromatic N) is 2. The van der Waals surface area contributed by atoms with Gasteiger partial charge in [0.05, 0.1) is 16.6 Å². The second-order valence-electron chi connectivity index (χ2n) is 4.84. The molecule has 3 aromatic heterocycles. The predicted octanol–water partition coefficient (Wildman–Crippen LogP) is 5.09. The van der Waals surface area contributed by atoms with Crippen molar-refractivity contribution in [3.63, 3.8) is 0 Å². The van der Waals surface area contributed by atoms with Gasteiger partial charge in [0.25, 0.3) is 0 Å². The normalized spacial score (nSPS) is 12.7. The molecule has 0 amide bonds. The lowest BCUT2D eigenvalue weighted by molar-refractivity contribution is 0.339. The molecule has 0 aromatic carbocycles. The Bertz CT molecular complexity index is 737. The molecule has 0 fully saturated rings. The molecule has 0 saturated carbocycles. The highest BCUT2D eigenvalue weighted by Crippen LogP contribution is 2.39. The van der Waals surface area contributed by atoms with E-state index in [2.05, 4.69) is 27.0 Å². The standard InChI is InChI=1S/C15H16FN3S2/c1-3-11(16)14-9(2)13-15(21-14)12(8-18-19-13)17-7-10-5-4-6-20-10/h4-6,8,11H,3,7H2,1-2H3,(H,17,19). The average molecular weight is 321 g/mol. The Balaban J connectivity index is 1.95. The van der Waals surface area contributed by atoms with Crippen molar-refractivity contribution in [2.75, 3.05) is 5.32 Å². The van der Waals surface area contributed by atoms with Crippen LogP contribution >= 0.6 is 22.7 Å². The Morgan fingerprint density at radius 3 is 3.00 bits per heavy atom. The Kier molecular flexibility index (Phi) is 4.17. The Morgan fingerprint density at radius 2 is 2.29 bits per heavy atom. The van der Waals surface area contributed by atoms with Crippen molar-refractivity contribution in [3.8, 4) is 0 Å². The summed E-state index contributed by atoms with van der Waals surface area (Å²) < 4.78 is 15.0. The molecule has 21 heavy (non-hydrogen) atoms. The van der Waals surface area contributed by atoms with Crippen LogP contribution in [0.1, 0.15) is 34.8 Å². The van der Waals surface area contributed by atoms with Crippen LogP contribution < -0.4 is 5.32 Å². The van der Waals surface area contributed by atoms with Crippen LogP contribution in [0.15, 0.2) is 23.7 Å². The third-order valence-corrected chi connectivity index (χ3v) is 5.69. The van der Waals surface area contributed by atoms with Gasteiger partial charge in [-0.2, -0.15) is 5.10 Å². The molecule has 0 aliphatic rings. The van der Waals surface area contributed by atoms with Crippen LogP contribution in [0.25, 0.3) is 10.2 Å². The SMILES string of the molecule is CCC(F)c1sc2c(NCc3cccs3)cnnc2c1C. The van der Waals surface area contributed by atoms with Crippen LogP contribution in [0, 0.1) is 6.92 Å². The van der Waals surface area contributed by atoms with Crippen LogP contribution in [0.2, 0.25) is 0 Å². The first kappa shape index (κ1) is 14.4. The summed E-state index contributed by atoms with van der Waals surface area (Å²) >= 11 is 3.19. The smallest absolute Gasteiger partial charge is 0.134 e. The highest BCUT2D eigenvalue weighted by molar-refractivity contribution is 7.20. The molecule has 3 rings (SSSR count). The van der Waals surface area contributed by atoms with Gasteiger partial charge >= 0.3 is 0 Å². The molecule has 1 unspecified atom stereocenters. The number of hydrogen-bond acceptors (Lipinski definition) is 5.